The molecule has 1 atom stereocenters. The number of carbonyl (C=O) groups is 1. The monoisotopic (exact) mass is 238 g/mol. The average molecular weight is 238 g/mol. The zero-order valence-electron chi connectivity index (χ0n) is 9.37. The lowest BCUT2D eigenvalue weighted by atomic mass is 10.2. The van der Waals surface area contributed by atoms with E-state index in [9.17, 15) is 14.3 Å². The van der Waals surface area contributed by atoms with Crippen molar-refractivity contribution in [3.63, 3.8) is 0 Å². The van der Waals surface area contributed by atoms with Gasteiger partial charge in [-0.2, -0.15) is 0 Å². The van der Waals surface area contributed by atoms with Gasteiger partial charge in [0, 0.05) is 31.1 Å². The van der Waals surface area contributed by atoms with Gasteiger partial charge in [-0.05, 0) is 24.6 Å². The van der Waals surface area contributed by atoms with Gasteiger partial charge in [-0.3, -0.25) is 4.79 Å². The number of halogens is 1. The maximum Gasteiger partial charge on any atom is 0.220 e. The number of rotatable bonds is 4. The lowest BCUT2D eigenvalue weighted by molar-refractivity contribution is -0.119. The molecule has 1 aliphatic rings. The summed E-state index contributed by atoms with van der Waals surface area (Å²) in [6.07, 6.45) is 1.39. The molecule has 1 fully saturated rings. The Labute approximate surface area is 98.8 Å². The zero-order chi connectivity index (χ0) is 12.3. The van der Waals surface area contributed by atoms with E-state index < -0.39 is 0 Å². The van der Waals surface area contributed by atoms with Crippen molar-refractivity contribution in [3.8, 4) is 5.75 Å². The number of phenolic OH excluding ortho intramolecular Hbond substituents is 1. The third-order valence-electron chi connectivity index (χ3n) is 2.83. The number of amides is 1. The van der Waals surface area contributed by atoms with Crippen LogP contribution >= 0.6 is 0 Å². The first-order chi connectivity index (χ1) is 8.15. The average Bonchev–Trinajstić information content (AvgIpc) is 2.69. The van der Waals surface area contributed by atoms with Crippen LogP contribution in [-0.2, 0) is 11.3 Å². The Morgan fingerprint density at radius 1 is 1.53 bits per heavy atom. The summed E-state index contributed by atoms with van der Waals surface area (Å²) in [5.41, 5.74) is 0.523. The summed E-state index contributed by atoms with van der Waals surface area (Å²) >= 11 is 0. The van der Waals surface area contributed by atoms with Gasteiger partial charge in [-0.1, -0.05) is 0 Å². The number of carbonyl (C=O) groups excluding carboxylic acids is 1. The Bertz CT molecular complexity index is 423. The lowest BCUT2D eigenvalue weighted by Gasteiger charge is -2.11. The summed E-state index contributed by atoms with van der Waals surface area (Å²) in [4.78, 5) is 11.0. The first-order valence-corrected chi connectivity index (χ1v) is 5.62. The van der Waals surface area contributed by atoms with Crippen LogP contribution in [0.4, 0.5) is 4.39 Å². The number of phenols is 1. The highest BCUT2D eigenvalue weighted by Crippen LogP contribution is 2.17. The van der Waals surface area contributed by atoms with Crippen molar-refractivity contribution in [3.05, 3.63) is 29.6 Å². The van der Waals surface area contributed by atoms with Gasteiger partial charge in [0.2, 0.25) is 5.91 Å². The number of aromatic hydroxyl groups is 1. The van der Waals surface area contributed by atoms with Crippen LogP contribution < -0.4 is 10.6 Å². The minimum atomic E-state index is -0.367. The molecule has 1 aromatic rings. The van der Waals surface area contributed by atoms with Crippen LogP contribution in [0.15, 0.2) is 18.2 Å². The molecule has 1 unspecified atom stereocenters. The molecule has 1 aliphatic heterocycles. The van der Waals surface area contributed by atoms with E-state index in [2.05, 4.69) is 10.6 Å². The molecule has 1 amide bonds. The molecule has 1 saturated heterocycles. The molecule has 1 heterocycles. The molecule has 0 saturated carbocycles. The molecule has 1 aromatic carbocycles. The number of nitrogens with one attached hydrogen (secondary N) is 2. The summed E-state index contributed by atoms with van der Waals surface area (Å²) < 4.78 is 12.9. The van der Waals surface area contributed by atoms with Crippen LogP contribution in [0.25, 0.3) is 0 Å². The summed E-state index contributed by atoms with van der Waals surface area (Å²) in [7, 11) is 0. The quantitative estimate of drug-likeness (QED) is 0.730. The molecule has 0 bridgehead atoms. The van der Waals surface area contributed by atoms with E-state index in [4.69, 9.17) is 0 Å². The summed E-state index contributed by atoms with van der Waals surface area (Å²) in [6.45, 7) is 1.01. The van der Waals surface area contributed by atoms with Crippen molar-refractivity contribution in [1.82, 2.24) is 10.6 Å². The molecule has 0 spiro atoms. The van der Waals surface area contributed by atoms with Gasteiger partial charge in [-0.25, -0.2) is 4.39 Å². The first kappa shape index (κ1) is 11.9. The van der Waals surface area contributed by atoms with E-state index in [1.165, 1.54) is 18.2 Å². The minimum Gasteiger partial charge on any atom is -0.508 e. The SMILES string of the molecule is O=C1CCC(CNCc2cc(F)ccc2O)N1. The molecule has 0 aliphatic carbocycles. The molecule has 4 nitrogen and oxygen atoms in total. The van der Waals surface area contributed by atoms with E-state index in [1.54, 1.807) is 0 Å². The molecule has 92 valence electrons. The van der Waals surface area contributed by atoms with Gasteiger partial charge in [-0.15, -0.1) is 0 Å². The third-order valence-corrected chi connectivity index (χ3v) is 2.83. The summed E-state index contributed by atoms with van der Waals surface area (Å²) in [5.74, 6) is -0.214. The highest BCUT2D eigenvalue weighted by molar-refractivity contribution is 5.78. The van der Waals surface area contributed by atoms with Crippen molar-refractivity contribution in [2.24, 2.45) is 0 Å². The molecule has 3 N–H and O–H groups in total. The predicted octanol–water partition coefficient (Wildman–Crippen LogP) is 0.899. The minimum absolute atomic E-state index is 0.0744. The Kier molecular flexibility index (Phi) is 3.58. The largest absolute Gasteiger partial charge is 0.508 e. The standard InChI is InChI=1S/C12H15FN2O2/c13-9-1-3-11(16)8(5-9)6-14-7-10-2-4-12(17)15-10/h1,3,5,10,14,16H,2,4,6-7H2,(H,15,17). The lowest BCUT2D eigenvalue weighted by Crippen LogP contribution is -2.35. The van der Waals surface area contributed by atoms with Crippen LogP contribution in [0, 0.1) is 5.82 Å². The second-order valence-electron chi connectivity index (χ2n) is 4.21. The van der Waals surface area contributed by atoms with Gasteiger partial charge in [0.25, 0.3) is 0 Å². The van der Waals surface area contributed by atoms with Crippen molar-refractivity contribution in [1.29, 1.82) is 0 Å². The van der Waals surface area contributed by atoms with E-state index in [1.807, 2.05) is 0 Å². The molecule has 0 aromatic heterocycles. The van der Waals surface area contributed by atoms with Crippen molar-refractivity contribution < 1.29 is 14.3 Å². The number of hydrogen-bond donors (Lipinski definition) is 3. The highest BCUT2D eigenvalue weighted by Gasteiger charge is 2.19. The van der Waals surface area contributed by atoms with E-state index in [0.29, 0.717) is 25.1 Å². The van der Waals surface area contributed by atoms with Gasteiger partial charge in [0.05, 0.1) is 0 Å². The Morgan fingerprint density at radius 3 is 3.06 bits per heavy atom. The van der Waals surface area contributed by atoms with Gasteiger partial charge in [0.15, 0.2) is 0 Å². The Morgan fingerprint density at radius 2 is 2.35 bits per heavy atom. The molecule has 0 radical (unpaired) electrons. The van der Waals surface area contributed by atoms with E-state index in [0.717, 1.165) is 6.42 Å². The second-order valence-corrected chi connectivity index (χ2v) is 4.21. The highest BCUT2D eigenvalue weighted by atomic mass is 19.1. The third kappa shape index (κ3) is 3.17. The van der Waals surface area contributed by atoms with Gasteiger partial charge >= 0.3 is 0 Å². The molecule has 17 heavy (non-hydrogen) atoms. The topological polar surface area (TPSA) is 61.4 Å². The normalized spacial score (nSPS) is 19.4. The van der Waals surface area contributed by atoms with E-state index >= 15 is 0 Å². The fraction of sp³-hybridized carbons (Fsp3) is 0.417. The number of benzene rings is 1. The fourth-order valence-corrected chi connectivity index (χ4v) is 1.91. The molecular formula is C12H15FN2O2. The van der Waals surface area contributed by atoms with Crippen molar-refractivity contribution >= 4 is 5.91 Å². The molecule has 5 heteroatoms. The molecular weight excluding hydrogens is 223 g/mol. The Hall–Kier alpha value is -1.62. The first-order valence-electron chi connectivity index (χ1n) is 5.62. The van der Waals surface area contributed by atoms with Crippen molar-refractivity contribution in [2.45, 2.75) is 25.4 Å². The smallest absolute Gasteiger partial charge is 0.220 e. The fourth-order valence-electron chi connectivity index (χ4n) is 1.91. The molecule has 2 rings (SSSR count). The van der Waals surface area contributed by atoms with Crippen LogP contribution in [0.1, 0.15) is 18.4 Å². The van der Waals surface area contributed by atoms with Crippen molar-refractivity contribution in [2.75, 3.05) is 6.54 Å². The van der Waals surface area contributed by atoms with Gasteiger partial charge in [0.1, 0.15) is 11.6 Å². The van der Waals surface area contributed by atoms with Gasteiger partial charge < -0.3 is 15.7 Å². The van der Waals surface area contributed by atoms with Crippen LogP contribution in [0.2, 0.25) is 0 Å². The van der Waals surface area contributed by atoms with Crippen LogP contribution in [-0.4, -0.2) is 23.6 Å². The summed E-state index contributed by atoms with van der Waals surface area (Å²) in [6, 6.07) is 3.99. The predicted molar refractivity (Wildman–Crippen MR) is 60.9 cm³/mol. The van der Waals surface area contributed by atoms with Crippen LogP contribution in [0.3, 0.4) is 0 Å². The maximum atomic E-state index is 12.9. The summed E-state index contributed by atoms with van der Waals surface area (Å²) in [5, 5.41) is 15.4. The number of hydrogen-bond acceptors (Lipinski definition) is 3. The zero-order valence-corrected chi connectivity index (χ0v) is 9.37. The second kappa shape index (κ2) is 5.14. The van der Waals surface area contributed by atoms with Crippen LogP contribution in [0.5, 0.6) is 5.75 Å². The van der Waals surface area contributed by atoms with E-state index in [-0.39, 0.29) is 23.5 Å². The Balaban J connectivity index is 1.81. The maximum absolute atomic E-state index is 12.9.